The highest BCUT2D eigenvalue weighted by Crippen LogP contribution is 2.21. The molecule has 0 aliphatic rings. The van der Waals surface area contributed by atoms with E-state index >= 15 is 0 Å². The predicted molar refractivity (Wildman–Crippen MR) is 91.8 cm³/mol. The molecule has 1 aromatic carbocycles. The molecular weight excluding hydrogens is 395 g/mol. The van der Waals surface area contributed by atoms with Crippen LogP contribution >= 0.6 is 22.6 Å². The van der Waals surface area contributed by atoms with Gasteiger partial charge in [0.05, 0.1) is 6.21 Å². The number of anilines is 1. The minimum atomic E-state index is 0.316. The number of furan rings is 1. The van der Waals surface area contributed by atoms with Gasteiger partial charge >= 0.3 is 0 Å². The van der Waals surface area contributed by atoms with Crippen LogP contribution < -0.4 is 5.43 Å². The molecule has 0 bridgehead atoms. The van der Waals surface area contributed by atoms with Gasteiger partial charge in [0.15, 0.2) is 9.41 Å². The molecule has 0 amide bonds. The summed E-state index contributed by atoms with van der Waals surface area (Å²) in [6, 6.07) is 11.6. The monoisotopic (exact) mass is 404 g/mol. The Morgan fingerprint density at radius 1 is 1.18 bits per heavy atom. The molecule has 4 rings (SSSR count). The Hall–Kier alpha value is -2.49. The van der Waals surface area contributed by atoms with Crippen molar-refractivity contribution in [1.29, 1.82) is 0 Å². The summed E-state index contributed by atoms with van der Waals surface area (Å²) in [4.78, 5) is 7.57. The molecule has 0 unspecified atom stereocenters. The molecule has 108 valence electrons. The topological polar surface area (TPSA) is 92.0 Å². The molecule has 0 spiro atoms. The van der Waals surface area contributed by atoms with Gasteiger partial charge in [0.25, 0.3) is 5.95 Å². The van der Waals surface area contributed by atoms with E-state index in [0.717, 1.165) is 20.2 Å². The number of rotatable bonds is 3. The summed E-state index contributed by atoms with van der Waals surface area (Å²) in [5, 5.41) is 13.3. The molecule has 0 saturated carbocycles. The van der Waals surface area contributed by atoms with Crippen molar-refractivity contribution >= 4 is 56.8 Å². The molecule has 3 aromatic heterocycles. The number of nitrogens with zero attached hydrogens (tertiary/aromatic N) is 4. The minimum Gasteiger partial charge on any atom is -0.449 e. The summed E-state index contributed by atoms with van der Waals surface area (Å²) in [6.07, 6.45) is 1.56. The van der Waals surface area contributed by atoms with Crippen LogP contribution in [0.4, 0.5) is 5.95 Å². The van der Waals surface area contributed by atoms with E-state index in [1.165, 1.54) is 0 Å². The third-order valence-electron chi connectivity index (χ3n) is 3.07. The molecule has 22 heavy (non-hydrogen) atoms. The summed E-state index contributed by atoms with van der Waals surface area (Å²) >= 11 is 2.09. The van der Waals surface area contributed by atoms with E-state index in [1.54, 1.807) is 6.21 Å². The fourth-order valence-electron chi connectivity index (χ4n) is 2.12. The lowest BCUT2D eigenvalue weighted by Gasteiger charge is -1.96. The van der Waals surface area contributed by atoms with Gasteiger partial charge in [-0.05, 0) is 40.8 Å². The van der Waals surface area contributed by atoms with Crippen molar-refractivity contribution in [2.24, 2.45) is 5.10 Å². The number of hydrazone groups is 1. The number of halogens is 1. The number of aromatic nitrogens is 4. The van der Waals surface area contributed by atoms with Crippen LogP contribution in [0.2, 0.25) is 0 Å². The molecular formula is C14H9IN6O. The van der Waals surface area contributed by atoms with Crippen molar-refractivity contribution in [2.45, 2.75) is 0 Å². The second-order valence-corrected chi connectivity index (χ2v) is 5.58. The van der Waals surface area contributed by atoms with Gasteiger partial charge in [-0.3, -0.25) is 0 Å². The lowest BCUT2D eigenvalue weighted by molar-refractivity contribution is 0.531. The molecule has 3 heterocycles. The van der Waals surface area contributed by atoms with Gasteiger partial charge in [0, 0.05) is 10.9 Å². The van der Waals surface area contributed by atoms with Gasteiger partial charge in [-0.2, -0.15) is 10.1 Å². The zero-order chi connectivity index (χ0) is 14.9. The first-order chi connectivity index (χ1) is 10.8. The van der Waals surface area contributed by atoms with E-state index in [-0.39, 0.29) is 0 Å². The van der Waals surface area contributed by atoms with E-state index in [4.69, 9.17) is 4.42 Å². The van der Waals surface area contributed by atoms with Gasteiger partial charge in [-0.15, -0.1) is 10.2 Å². The minimum absolute atomic E-state index is 0.316. The number of aromatic amines is 1. The first-order valence-electron chi connectivity index (χ1n) is 6.45. The highest BCUT2D eigenvalue weighted by molar-refractivity contribution is 14.1. The Balaban J connectivity index is 1.62. The first kappa shape index (κ1) is 13.2. The summed E-state index contributed by atoms with van der Waals surface area (Å²) < 4.78 is 6.17. The standard InChI is InChI=1S/C14H9IN6O/c15-11-6-5-8(22-11)7-16-20-14-18-13-12(19-21-14)9-3-1-2-4-10(9)17-13/h1-7H,(H2,17,18,20,21). The normalized spacial score (nSPS) is 11.7. The van der Waals surface area contributed by atoms with Crippen molar-refractivity contribution in [3.63, 3.8) is 0 Å². The SMILES string of the molecule is Ic1ccc(C=NNc2nnc3c(n2)[nH]c2ccccc23)o1. The third kappa shape index (κ3) is 2.41. The maximum atomic E-state index is 5.37. The molecule has 0 aliphatic carbocycles. The zero-order valence-electron chi connectivity index (χ0n) is 11.1. The Bertz CT molecular complexity index is 989. The third-order valence-corrected chi connectivity index (χ3v) is 3.65. The zero-order valence-corrected chi connectivity index (χ0v) is 13.3. The van der Waals surface area contributed by atoms with Gasteiger partial charge in [-0.1, -0.05) is 18.2 Å². The quantitative estimate of drug-likeness (QED) is 0.311. The number of nitrogens with one attached hydrogen (secondary N) is 2. The van der Waals surface area contributed by atoms with Gasteiger partial charge in [0.1, 0.15) is 11.3 Å². The molecule has 7 nitrogen and oxygen atoms in total. The average Bonchev–Trinajstić information content (AvgIpc) is 3.10. The molecule has 0 aliphatic heterocycles. The van der Waals surface area contributed by atoms with E-state index in [2.05, 4.69) is 53.3 Å². The Labute approximate surface area is 138 Å². The van der Waals surface area contributed by atoms with E-state index in [9.17, 15) is 0 Å². The second kappa shape index (κ2) is 5.37. The van der Waals surface area contributed by atoms with Crippen LogP contribution in [0, 0.1) is 3.77 Å². The summed E-state index contributed by atoms with van der Waals surface area (Å²) in [7, 11) is 0. The van der Waals surface area contributed by atoms with Gasteiger partial charge < -0.3 is 9.40 Å². The van der Waals surface area contributed by atoms with Crippen LogP contribution in [-0.2, 0) is 0 Å². The number of para-hydroxylation sites is 1. The van der Waals surface area contributed by atoms with Crippen molar-refractivity contribution in [3.05, 3.63) is 45.9 Å². The Kier molecular flexibility index (Phi) is 3.22. The van der Waals surface area contributed by atoms with Crippen molar-refractivity contribution in [2.75, 3.05) is 5.43 Å². The largest absolute Gasteiger partial charge is 0.449 e. The molecule has 2 N–H and O–H groups in total. The summed E-state index contributed by atoms with van der Waals surface area (Å²) in [5.41, 5.74) is 5.13. The highest BCUT2D eigenvalue weighted by atomic mass is 127. The number of benzene rings is 1. The lowest BCUT2D eigenvalue weighted by atomic mass is 10.2. The van der Waals surface area contributed by atoms with Crippen molar-refractivity contribution < 1.29 is 4.42 Å². The number of H-pyrrole nitrogens is 1. The van der Waals surface area contributed by atoms with Crippen LogP contribution in [0.1, 0.15) is 5.76 Å². The van der Waals surface area contributed by atoms with Crippen molar-refractivity contribution in [3.8, 4) is 0 Å². The molecule has 0 saturated heterocycles. The fourth-order valence-corrected chi connectivity index (χ4v) is 2.55. The van der Waals surface area contributed by atoms with E-state index in [0.29, 0.717) is 17.4 Å². The molecule has 0 fully saturated rings. The van der Waals surface area contributed by atoms with E-state index < -0.39 is 0 Å². The molecule has 8 heteroatoms. The molecule has 0 radical (unpaired) electrons. The van der Waals surface area contributed by atoms with Crippen molar-refractivity contribution in [1.82, 2.24) is 20.2 Å². The van der Waals surface area contributed by atoms with Gasteiger partial charge in [-0.25, -0.2) is 5.43 Å². The highest BCUT2D eigenvalue weighted by Gasteiger charge is 2.07. The number of fused-ring (bicyclic) bond motifs is 3. The van der Waals surface area contributed by atoms with Crippen LogP contribution in [0.25, 0.3) is 22.1 Å². The van der Waals surface area contributed by atoms with Gasteiger partial charge in [0.2, 0.25) is 0 Å². The second-order valence-electron chi connectivity index (χ2n) is 4.52. The Morgan fingerprint density at radius 3 is 2.95 bits per heavy atom. The number of hydrogen-bond donors (Lipinski definition) is 2. The molecule has 0 atom stereocenters. The van der Waals surface area contributed by atoms with Crippen LogP contribution in [0.15, 0.2) is 45.9 Å². The summed E-state index contributed by atoms with van der Waals surface area (Å²) in [5.74, 6) is 0.966. The molecule has 4 aromatic rings. The fraction of sp³-hybridized carbons (Fsp3) is 0. The van der Waals surface area contributed by atoms with E-state index in [1.807, 2.05) is 36.4 Å². The lowest BCUT2D eigenvalue weighted by Crippen LogP contribution is -1.98. The smallest absolute Gasteiger partial charge is 0.265 e. The maximum absolute atomic E-state index is 5.37. The first-order valence-corrected chi connectivity index (χ1v) is 7.53. The number of hydrogen-bond acceptors (Lipinski definition) is 6. The Morgan fingerprint density at radius 2 is 2.09 bits per heavy atom. The van der Waals surface area contributed by atoms with Crippen LogP contribution in [-0.4, -0.2) is 26.4 Å². The average molecular weight is 404 g/mol. The summed E-state index contributed by atoms with van der Waals surface area (Å²) in [6.45, 7) is 0. The predicted octanol–water partition coefficient (Wildman–Crippen LogP) is 3.15. The maximum Gasteiger partial charge on any atom is 0.265 e. The van der Waals surface area contributed by atoms with Crippen LogP contribution in [0.3, 0.4) is 0 Å². The van der Waals surface area contributed by atoms with Crippen LogP contribution in [0.5, 0.6) is 0 Å².